The molecule has 5 heteroatoms. The third kappa shape index (κ3) is 2.31. The molecule has 0 aromatic heterocycles. The molecular weight excluding hydrogens is 284 g/mol. The van der Waals surface area contributed by atoms with Crippen LogP contribution in [0, 0.1) is 18.6 Å². The Morgan fingerprint density at radius 3 is 2.80 bits per heavy atom. The summed E-state index contributed by atoms with van der Waals surface area (Å²) in [6, 6.07) is 7.49. The molecule has 104 valence electrons. The SMILES string of the molecule is Cc1ccc(C2CNc3cc(F)cc(Cl)c3O2)cc1F. The van der Waals surface area contributed by atoms with Gasteiger partial charge in [-0.25, -0.2) is 8.78 Å². The van der Waals surface area contributed by atoms with Gasteiger partial charge in [0, 0.05) is 6.07 Å². The van der Waals surface area contributed by atoms with Crippen LogP contribution in [-0.4, -0.2) is 6.54 Å². The molecule has 0 fully saturated rings. The lowest BCUT2D eigenvalue weighted by molar-refractivity contribution is 0.210. The quantitative estimate of drug-likeness (QED) is 0.838. The Bertz CT molecular complexity index is 675. The molecule has 0 saturated carbocycles. The van der Waals surface area contributed by atoms with Gasteiger partial charge in [-0.2, -0.15) is 0 Å². The van der Waals surface area contributed by atoms with Gasteiger partial charge in [0.2, 0.25) is 0 Å². The third-order valence-electron chi connectivity index (χ3n) is 3.31. The Balaban J connectivity index is 1.93. The Labute approximate surface area is 120 Å². The smallest absolute Gasteiger partial charge is 0.162 e. The molecule has 0 aliphatic carbocycles. The zero-order chi connectivity index (χ0) is 14.3. The molecule has 0 saturated heterocycles. The Kier molecular flexibility index (Phi) is 3.26. The molecule has 1 N–H and O–H groups in total. The number of hydrogen-bond acceptors (Lipinski definition) is 2. The number of rotatable bonds is 1. The summed E-state index contributed by atoms with van der Waals surface area (Å²) < 4.78 is 32.6. The van der Waals surface area contributed by atoms with Gasteiger partial charge < -0.3 is 10.1 Å². The van der Waals surface area contributed by atoms with Crippen molar-refractivity contribution in [3.63, 3.8) is 0 Å². The van der Waals surface area contributed by atoms with E-state index in [0.717, 1.165) is 0 Å². The van der Waals surface area contributed by atoms with Crippen molar-refractivity contribution in [1.82, 2.24) is 0 Å². The molecule has 2 aromatic rings. The zero-order valence-electron chi connectivity index (χ0n) is 10.7. The number of nitrogens with one attached hydrogen (secondary N) is 1. The molecular formula is C15H12ClF2NO. The number of anilines is 1. The standard InChI is InChI=1S/C15H12ClF2NO/c1-8-2-3-9(4-12(8)18)14-7-19-13-6-10(17)5-11(16)15(13)20-14/h2-6,14,19H,7H2,1H3. The van der Waals surface area contributed by atoms with Crippen molar-refractivity contribution in [3.8, 4) is 5.75 Å². The summed E-state index contributed by atoms with van der Waals surface area (Å²) >= 11 is 5.98. The second-order valence-corrected chi connectivity index (χ2v) is 5.17. The van der Waals surface area contributed by atoms with E-state index in [0.29, 0.717) is 29.1 Å². The molecule has 0 bridgehead atoms. The molecule has 1 heterocycles. The first-order chi connectivity index (χ1) is 9.54. The van der Waals surface area contributed by atoms with Crippen LogP contribution < -0.4 is 10.1 Å². The maximum absolute atomic E-state index is 13.6. The highest BCUT2D eigenvalue weighted by Crippen LogP contribution is 2.40. The number of ether oxygens (including phenoxy) is 1. The molecule has 3 rings (SSSR count). The minimum atomic E-state index is -0.426. The van der Waals surface area contributed by atoms with E-state index in [1.54, 1.807) is 13.0 Å². The summed E-state index contributed by atoms with van der Waals surface area (Å²) in [6.07, 6.45) is -0.361. The first-order valence-corrected chi connectivity index (χ1v) is 6.58. The van der Waals surface area contributed by atoms with Gasteiger partial charge in [0.15, 0.2) is 5.75 Å². The maximum Gasteiger partial charge on any atom is 0.162 e. The molecule has 1 atom stereocenters. The van der Waals surface area contributed by atoms with Crippen LogP contribution in [0.25, 0.3) is 0 Å². The largest absolute Gasteiger partial charge is 0.480 e. The van der Waals surface area contributed by atoms with Gasteiger partial charge in [-0.3, -0.25) is 0 Å². The normalized spacial score (nSPS) is 17.1. The van der Waals surface area contributed by atoms with Crippen LogP contribution in [0.3, 0.4) is 0 Å². The lowest BCUT2D eigenvalue weighted by Gasteiger charge is -2.28. The summed E-state index contributed by atoms with van der Waals surface area (Å²) in [5.74, 6) is -0.308. The van der Waals surface area contributed by atoms with Crippen molar-refractivity contribution in [1.29, 1.82) is 0 Å². The number of aryl methyl sites for hydroxylation is 1. The van der Waals surface area contributed by atoms with E-state index in [-0.39, 0.29) is 16.9 Å². The first-order valence-electron chi connectivity index (χ1n) is 6.20. The Morgan fingerprint density at radius 2 is 2.05 bits per heavy atom. The summed E-state index contributed by atoms with van der Waals surface area (Å²) in [7, 11) is 0. The molecule has 20 heavy (non-hydrogen) atoms. The van der Waals surface area contributed by atoms with Gasteiger partial charge in [0.25, 0.3) is 0 Å². The minimum Gasteiger partial charge on any atom is -0.480 e. The second kappa shape index (κ2) is 4.94. The van der Waals surface area contributed by atoms with E-state index in [1.165, 1.54) is 18.2 Å². The number of fused-ring (bicyclic) bond motifs is 1. The van der Waals surface area contributed by atoms with Gasteiger partial charge in [0.05, 0.1) is 17.3 Å². The number of benzene rings is 2. The van der Waals surface area contributed by atoms with Gasteiger partial charge in [-0.1, -0.05) is 23.7 Å². The minimum absolute atomic E-state index is 0.199. The van der Waals surface area contributed by atoms with Crippen molar-refractivity contribution in [2.24, 2.45) is 0 Å². The molecule has 1 aliphatic heterocycles. The van der Waals surface area contributed by atoms with Crippen molar-refractivity contribution in [2.45, 2.75) is 13.0 Å². The zero-order valence-corrected chi connectivity index (χ0v) is 11.5. The average molecular weight is 296 g/mol. The highest BCUT2D eigenvalue weighted by molar-refractivity contribution is 6.32. The molecule has 2 nitrogen and oxygen atoms in total. The fraction of sp³-hybridized carbons (Fsp3) is 0.200. The molecule has 1 aliphatic rings. The van der Waals surface area contributed by atoms with E-state index < -0.39 is 5.82 Å². The highest BCUT2D eigenvalue weighted by atomic mass is 35.5. The van der Waals surface area contributed by atoms with Crippen molar-refractivity contribution in [2.75, 3.05) is 11.9 Å². The van der Waals surface area contributed by atoms with Crippen LogP contribution in [0.4, 0.5) is 14.5 Å². The Hall–Kier alpha value is -1.81. The summed E-state index contributed by atoms with van der Waals surface area (Å²) in [6.45, 7) is 2.13. The van der Waals surface area contributed by atoms with E-state index in [9.17, 15) is 8.78 Å². The van der Waals surface area contributed by atoms with Gasteiger partial charge in [-0.05, 0) is 30.2 Å². The summed E-state index contributed by atoms with van der Waals surface area (Å²) in [5.41, 5.74) is 1.81. The van der Waals surface area contributed by atoms with Gasteiger partial charge >= 0.3 is 0 Å². The fourth-order valence-electron chi connectivity index (χ4n) is 2.19. The summed E-state index contributed by atoms with van der Waals surface area (Å²) in [5, 5.41) is 3.25. The molecule has 0 spiro atoms. The molecule has 1 unspecified atom stereocenters. The number of hydrogen-bond donors (Lipinski definition) is 1. The predicted octanol–water partition coefficient (Wildman–Crippen LogP) is 4.47. The Morgan fingerprint density at radius 1 is 1.25 bits per heavy atom. The number of halogens is 3. The maximum atomic E-state index is 13.6. The van der Waals surface area contributed by atoms with Crippen molar-refractivity contribution >= 4 is 17.3 Å². The van der Waals surface area contributed by atoms with E-state index >= 15 is 0 Å². The van der Waals surface area contributed by atoms with Gasteiger partial charge in [0.1, 0.15) is 17.7 Å². The lowest BCUT2D eigenvalue weighted by atomic mass is 10.1. The van der Waals surface area contributed by atoms with Crippen LogP contribution in [0.5, 0.6) is 5.75 Å². The predicted molar refractivity (Wildman–Crippen MR) is 74.4 cm³/mol. The van der Waals surface area contributed by atoms with Crippen LogP contribution in [-0.2, 0) is 0 Å². The lowest BCUT2D eigenvalue weighted by Crippen LogP contribution is -2.24. The molecule has 0 amide bonds. The van der Waals surface area contributed by atoms with Crippen LogP contribution >= 0.6 is 11.6 Å². The molecule has 2 aromatic carbocycles. The highest BCUT2D eigenvalue weighted by Gasteiger charge is 2.24. The summed E-state index contributed by atoms with van der Waals surface area (Å²) in [4.78, 5) is 0. The van der Waals surface area contributed by atoms with E-state index in [2.05, 4.69) is 5.32 Å². The van der Waals surface area contributed by atoms with Gasteiger partial charge in [-0.15, -0.1) is 0 Å². The topological polar surface area (TPSA) is 21.3 Å². The monoisotopic (exact) mass is 295 g/mol. The first kappa shape index (κ1) is 13.2. The molecule has 0 radical (unpaired) electrons. The van der Waals surface area contributed by atoms with Crippen LogP contribution in [0.1, 0.15) is 17.2 Å². The third-order valence-corrected chi connectivity index (χ3v) is 3.59. The van der Waals surface area contributed by atoms with Crippen LogP contribution in [0.2, 0.25) is 5.02 Å². The average Bonchev–Trinajstić information content (AvgIpc) is 2.41. The fourth-order valence-corrected chi connectivity index (χ4v) is 2.44. The van der Waals surface area contributed by atoms with E-state index in [1.807, 2.05) is 6.07 Å². The van der Waals surface area contributed by atoms with Crippen molar-refractivity contribution in [3.05, 3.63) is 58.1 Å². The van der Waals surface area contributed by atoms with Crippen molar-refractivity contribution < 1.29 is 13.5 Å². The van der Waals surface area contributed by atoms with E-state index in [4.69, 9.17) is 16.3 Å². The second-order valence-electron chi connectivity index (χ2n) is 4.76. The van der Waals surface area contributed by atoms with Crippen LogP contribution in [0.15, 0.2) is 30.3 Å².